The van der Waals surface area contributed by atoms with Crippen LogP contribution in [0.15, 0.2) is 29.2 Å². The Morgan fingerprint density at radius 2 is 1.69 bits per heavy atom. The summed E-state index contributed by atoms with van der Waals surface area (Å²) in [6.45, 7) is 5.67. The third-order valence-electron chi connectivity index (χ3n) is 5.98. The second-order valence-corrected chi connectivity index (χ2v) is 9.66. The van der Waals surface area contributed by atoms with Crippen LogP contribution in [0.5, 0.6) is 0 Å². The van der Waals surface area contributed by atoms with E-state index in [0.29, 0.717) is 12.8 Å². The van der Waals surface area contributed by atoms with Crippen LogP contribution >= 0.6 is 0 Å². The molecule has 2 saturated heterocycles. The Morgan fingerprint density at radius 3 is 2.28 bits per heavy atom. The Balaban J connectivity index is 1.57. The zero-order valence-electron chi connectivity index (χ0n) is 16.8. The van der Waals surface area contributed by atoms with E-state index >= 15 is 0 Å². The van der Waals surface area contributed by atoms with Gasteiger partial charge in [-0.3, -0.25) is 9.59 Å². The van der Waals surface area contributed by atoms with E-state index in [0.717, 1.165) is 32.5 Å². The van der Waals surface area contributed by atoms with Gasteiger partial charge in [0.2, 0.25) is 21.8 Å². The molecular formula is C20H30N4O4S. The molecule has 0 bridgehead atoms. The van der Waals surface area contributed by atoms with Crippen LogP contribution in [0.3, 0.4) is 0 Å². The van der Waals surface area contributed by atoms with Crippen molar-refractivity contribution in [2.24, 2.45) is 11.7 Å². The summed E-state index contributed by atoms with van der Waals surface area (Å²) < 4.78 is 27.3. The highest BCUT2D eigenvalue weighted by Gasteiger charge is 2.34. The van der Waals surface area contributed by atoms with E-state index in [-0.39, 0.29) is 41.4 Å². The molecule has 0 spiro atoms. The van der Waals surface area contributed by atoms with Crippen LogP contribution in [0, 0.1) is 5.92 Å². The zero-order valence-corrected chi connectivity index (χ0v) is 17.7. The first-order valence-electron chi connectivity index (χ1n) is 10.2. The fourth-order valence-corrected chi connectivity index (χ4v) is 5.77. The maximum absolute atomic E-state index is 13.0. The molecule has 0 unspecified atom stereocenters. The van der Waals surface area contributed by atoms with Crippen molar-refractivity contribution in [3.05, 3.63) is 29.8 Å². The highest BCUT2D eigenvalue weighted by molar-refractivity contribution is 7.89. The summed E-state index contributed by atoms with van der Waals surface area (Å²) in [6.07, 6.45) is 2.85. The van der Waals surface area contributed by atoms with Gasteiger partial charge >= 0.3 is 0 Å². The van der Waals surface area contributed by atoms with Crippen LogP contribution in [0.1, 0.15) is 43.0 Å². The Labute approximate surface area is 172 Å². The van der Waals surface area contributed by atoms with Crippen molar-refractivity contribution in [1.82, 2.24) is 14.5 Å². The van der Waals surface area contributed by atoms with Crippen LogP contribution in [0.25, 0.3) is 0 Å². The number of benzene rings is 1. The molecule has 2 aliphatic rings. The monoisotopic (exact) mass is 422 g/mol. The number of sulfonamides is 1. The van der Waals surface area contributed by atoms with Crippen molar-refractivity contribution in [1.29, 1.82) is 0 Å². The number of likely N-dealkylation sites (tertiary alicyclic amines) is 1. The van der Waals surface area contributed by atoms with Gasteiger partial charge in [0.15, 0.2) is 0 Å². The standard InChI is InChI=1S/C20H30N4O4S/c1-2-23-11-9-16(10-12-23)22-20(26)15-7-13-24(14-8-15)29(27,28)18-6-4-3-5-17(18)19(21)25/h3-6,15-16H,2,7-14H2,1H3,(H2,21,25)(H,22,26). The molecule has 0 aliphatic carbocycles. The van der Waals surface area contributed by atoms with Crippen LogP contribution < -0.4 is 11.1 Å². The second-order valence-electron chi connectivity index (χ2n) is 7.76. The van der Waals surface area contributed by atoms with Crippen molar-refractivity contribution in [2.45, 2.75) is 43.5 Å². The number of primary amides is 1. The first kappa shape index (κ1) is 21.7. The molecule has 1 aromatic rings. The summed E-state index contributed by atoms with van der Waals surface area (Å²) in [4.78, 5) is 26.5. The largest absolute Gasteiger partial charge is 0.366 e. The number of nitrogens with zero attached hydrogens (tertiary/aromatic N) is 2. The van der Waals surface area contributed by atoms with E-state index in [1.165, 1.54) is 16.4 Å². The molecule has 1 aromatic carbocycles. The van der Waals surface area contributed by atoms with Crippen LogP contribution in [-0.2, 0) is 14.8 Å². The van der Waals surface area contributed by atoms with Gasteiger partial charge < -0.3 is 16.0 Å². The van der Waals surface area contributed by atoms with Crippen molar-refractivity contribution >= 4 is 21.8 Å². The normalized spacial score (nSPS) is 20.4. The van der Waals surface area contributed by atoms with Crippen LogP contribution in [0.4, 0.5) is 0 Å². The fraction of sp³-hybridized carbons (Fsp3) is 0.600. The number of piperidine rings is 2. The van der Waals surface area contributed by atoms with E-state index in [2.05, 4.69) is 17.1 Å². The Hall–Kier alpha value is -1.97. The lowest BCUT2D eigenvalue weighted by atomic mass is 9.96. The summed E-state index contributed by atoms with van der Waals surface area (Å²) in [6, 6.07) is 6.18. The second kappa shape index (κ2) is 9.23. The third kappa shape index (κ3) is 4.96. The minimum Gasteiger partial charge on any atom is -0.366 e. The molecule has 2 amide bonds. The minimum atomic E-state index is -3.83. The van der Waals surface area contributed by atoms with E-state index in [1.807, 2.05) is 0 Å². The molecule has 3 rings (SSSR count). The van der Waals surface area contributed by atoms with Gasteiger partial charge in [0.05, 0.1) is 10.5 Å². The summed E-state index contributed by atoms with van der Waals surface area (Å²) in [5, 5.41) is 3.15. The Kier molecular flexibility index (Phi) is 6.92. The molecule has 160 valence electrons. The molecule has 0 radical (unpaired) electrons. The topological polar surface area (TPSA) is 113 Å². The van der Waals surface area contributed by atoms with Crippen molar-refractivity contribution in [3.63, 3.8) is 0 Å². The van der Waals surface area contributed by atoms with E-state index < -0.39 is 15.9 Å². The molecule has 0 saturated carbocycles. The van der Waals surface area contributed by atoms with Crippen molar-refractivity contribution < 1.29 is 18.0 Å². The molecule has 2 aliphatic heterocycles. The third-order valence-corrected chi connectivity index (χ3v) is 7.93. The highest BCUT2D eigenvalue weighted by atomic mass is 32.2. The molecule has 29 heavy (non-hydrogen) atoms. The molecule has 8 nitrogen and oxygen atoms in total. The van der Waals surface area contributed by atoms with Crippen LogP contribution in [-0.4, -0.2) is 68.2 Å². The van der Waals surface area contributed by atoms with Crippen LogP contribution in [0.2, 0.25) is 0 Å². The maximum Gasteiger partial charge on any atom is 0.250 e. The molecule has 0 atom stereocenters. The summed E-state index contributed by atoms with van der Waals surface area (Å²) >= 11 is 0. The minimum absolute atomic E-state index is 0.00853. The van der Waals surface area contributed by atoms with Crippen molar-refractivity contribution in [2.75, 3.05) is 32.7 Å². The van der Waals surface area contributed by atoms with Crippen molar-refractivity contribution in [3.8, 4) is 0 Å². The average Bonchev–Trinajstić information content (AvgIpc) is 2.74. The number of hydrogen-bond acceptors (Lipinski definition) is 5. The van der Waals surface area contributed by atoms with E-state index in [4.69, 9.17) is 5.73 Å². The number of nitrogens with one attached hydrogen (secondary N) is 1. The zero-order chi connectivity index (χ0) is 21.0. The van der Waals surface area contributed by atoms with Gasteiger partial charge in [-0.25, -0.2) is 8.42 Å². The highest BCUT2D eigenvalue weighted by Crippen LogP contribution is 2.26. The lowest BCUT2D eigenvalue weighted by Gasteiger charge is -2.34. The number of amides is 2. The summed E-state index contributed by atoms with van der Waals surface area (Å²) in [5.74, 6) is -0.931. The Morgan fingerprint density at radius 1 is 1.07 bits per heavy atom. The van der Waals surface area contributed by atoms with Gasteiger partial charge in [0, 0.05) is 38.1 Å². The lowest BCUT2D eigenvalue weighted by molar-refractivity contribution is -0.127. The molecular weight excluding hydrogens is 392 g/mol. The van der Waals surface area contributed by atoms with Gasteiger partial charge in [-0.2, -0.15) is 4.31 Å². The maximum atomic E-state index is 13.0. The number of nitrogens with two attached hydrogens (primary N) is 1. The smallest absolute Gasteiger partial charge is 0.250 e. The number of rotatable bonds is 6. The SMILES string of the molecule is CCN1CCC(NC(=O)C2CCN(S(=O)(=O)c3ccccc3C(N)=O)CC2)CC1. The molecule has 0 aromatic heterocycles. The fourth-order valence-electron chi connectivity index (χ4n) is 4.11. The molecule has 9 heteroatoms. The van der Waals surface area contributed by atoms with Gasteiger partial charge in [-0.05, 0) is 44.4 Å². The predicted octanol–water partition coefficient (Wildman–Crippen LogP) is 0.787. The molecule has 3 N–H and O–H groups in total. The molecule has 2 heterocycles. The lowest BCUT2D eigenvalue weighted by Crippen LogP contribution is -2.48. The molecule has 2 fully saturated rings. The average molecular weight is 423 g/mol. The summed E-state index contributed by atoms with van der Waals surface area (Å²) in [7, 11) is -3.83. The quantitative estimate of drug-likeness (QED) is 0.704. The van der Waals surface area contributed by atoms with E-state index in [9.17, 15) is 18.0 Å². The van der Waals surface area contributed by atoms with Gasteiger partial charge in [0.1, 0.15) is 0 Å². The van der Waals surface area contributed by atoms with E-state index in [1.54, 1.807) is 12.1 Å². The van der Waals surface area contributed by atoms with Gasteiger partial charge in [-0.1, -0.05) is 19.1 Å². The van der Waals surface area contributed by atoms with Gasteiger partial charge in [0.25, 0.3) is 0 Å². The first-order valence-corrected chi connectivity index (χ1v) is 11.7. The number of carbonyl (C=O) groups is 2. The Bertz CT molecular complexity index is 842. The van der Waals surface area contributed by atoms with Gasteiger partial charge in [-0.15, -0.1) is 0 Å². The first-order chi connectivity index (χ1) is 13.8. The number of hydrogen-bond donors (Lipinski definition) is 2. The number of carbonyl (C=O) groups excluding carboxylic acids is 2. The summed E-state index contributed by atoms with van der Waals surface area (Å²) in [5.41, 5.74) is 5.32. The predicted molar refractivity (Wildman–Crippen MR) is 110 cm³/mol.